The minimum Gasteiger partial charge on any atom is -0.390 e. The van der Waals surface area contributed by atoms with Crippen LogP contribution < -0.4 is 0 Å². The number of aliphatic hydroxyl groups is 1. The first-order valence-electron chi connectivity index (χ1n) is 6.73. The molecular formula is C16H16N4O. The third-order valence-corrected chi connectivity index (χ3v) is 3.28. The van der Waals surface area contributed by atoms with Gasteiger partial charge in [0.2, 0.25) is 0 Å². The van der Waals surface area contributed by atoms with Crippen LogP contribution in [0.5, 0.6) is 0 Å². The molecule has 0 spiro atoms. The minimum absolute atomic E-state index is 0.158. The maximum absolute atomic E-state index is 9.51. The average Bonchev–Trinajstić information content (AvgIpc) is 2.91. The lowest BCUT2D eigenvalue weighted by atomic mass is 10.1. The predicted octanol–water partition coefficient (Wildman–Crippen LogP) is 2.44. The van der Waals surface area contributed by atoms with Gasteiger partial charge in [-0.1, -0.05) is 11.3 Å². The molecule has 21 heavy (non-hydrogen) atoms. The summed E-state index contributed by atoms with van der Waals surface area (Å²) in [6.07, 6.45) is 3.46. The molecule has 0 aliphatic carbocycles. The first-order chi connectivity index (χ1) is 10.2. The zero-order valence-corrected chi connectivity index (χ0v) is 12.0. The Morgan fingerprint density at radius 1 is 1.14 bits per heavy atom. The van der Waals surface area contributed by atoms with Crippen molar-refractivity contribution in [2.45, 2.75) is 20.5 Å². The summed E-state index contributed by atoms with van der Waals surface area (Å²) in [7, 11) is 0. The number of aryl methyl sites for hydroxylation is 2. The monoisotopic (exact) mass is 280 g/mol. The van der Waals surface area contributed by atoms with Crippen LogP contribution in [0.3, 0.4) is 0 Å². The largest absolute Gasteiger partial charge is 0.390 e. The number of hydrogen-bond acceptors (Lipinski definition) is 4. The van der Waals surface area contributed by atoms with Crippen LogP contribution in [-0.2, 0) is 6.61 Å². The fraction of sp³-hybridized carbons (Fsp3) is 0.188. The quantitative estimate of drug-likeness (QED) is 0.800. The highest BCUT2D eigenvalue weighted by Gasteiger charge is 2.16. The van der Waals surface area contributed by atoms with Gasteiger partial charge in [0.25, 0.3) is 0 Å². The second-order valence-corrected chi connectivity index (χ2v) is 5.04. The standard InChI is InChI=1S/C16H16N4O/c1-11-6-12(2)8-14(7-11)20-16(15(10-21)18-19-20)13-4-3-5-17-9-13/h3-9,21H,10H2,1-2H3. The van der Waals surface area contributed by atoms with Crippen LogP contribution in [0, 0.1) is 13.8 Å². The van der Waals surface area contributed by atoms with Crippen LogP contribution in [-0.4, -0.2) is 25.1 Å². The van der Waals surface area contributed by atoms with E-state index >= 15 is 0 Å². The van der Waals surface area contributed by atoms with E-state index in [1.807, 2.05) is 38.1 Å². The molecule has 0 amide bonds. The first kappa shape index (κ1) is 13.5. The van der Waals surface area contributed by atoms with Gasteiger partial charge in [-0.05, 0) is 49.2 Å². The summed E-state index contributed by atoms with van der Waals surface area (Å²) < 4.78 is 1.75. The van der Waals surface area contributed by atoms with E-state index in [0.29, 0.717) is 5.69 Å². The SMILES string of the molecule is Cc1cc(C)cc(-n2nnc(CO)c2-c2cccnc2)c1. The van der Waals surface area contributed by atoms with Gasteiger partial charge in [-0.2, -0.15) is 0 Å². The maximum atomic E-state index is 9.51. The third-order valence-electron chi connectivity index (χ3n) is 3.28. The van der Waals surface area contributed by atoms with E-state index in [1.54, 1.807) is 17.1 Å². The van der Waals surface area contributed by atoms with Gasteiger partial charge in [0.1, 0.15) is 11.4 Å². The number of aliphatic hydroxyl groups excluding tert-OH is 1. The van der Waals surface area contributed by atoms with Crippen LogP contribution in [0.4, 0.5) is 0 Å². The lowest BCUT2D eigenvalue weighted by molar-refractivity contribution is 0.277. The van der Waals surface area contributed by atoms with Crippen molar-refractivity contribution in [1.29, 1.82) is 0 Å². The Hall–Kier alpha value is -2.53. The van der Waals surface area contributed by atoms with E-state index in [0.717, 1.165) is 28.1 Å². The highest BCUT2D eigenvalue weighted by molar-refractivity contribution is 5.63. The van der Waals surface area contributed by atoms with Crippen molar-refractivity contribution in [3.63, 3.8) is 0 Å². The molecule has 1 N–H and O–H groups in total. The second-order valence-electron chi connectivity index (χ2n) is 5.04. The lowest BCUT2D eigenvalue weighted by Gasteiger charge is -2.09. The maximum Gasteiger partial charge on any atom is 0.117 e. The highest BCUT2D eigenvalue weighted by atomic mass is 16.3. The Labute approximate surface area is 122 Å². The molecule has 5 nitrogen and oxygen atoms in total. The van der Waals surface area contributed by atoms with Gasteiger partial charge in [-0.3, -0.25) is 4.98 Å². The molecular weight excluding hydrogens is 264 g/mol. The van der Waals surface area contributed by atoms with Gasteiger partial charge >= 0.3 is 0 Å². The molecule has 2 aromatic heterocycles. The Bertz CT molecular complexity index is 745. The molecule has 0 aliphatic rings. The molecule has 0 atom stereocenters. The summed E-state index contributed by atoms with van der Waals surface area (Å²) in [4.78, 5) is 4.14. The molecule has 106 valence electrons. The van der Waals surface area contributed by atoms with Crippen molar-refractivity contribution in [1.82, 2.24) is 20.0 Å². The third kappa shape index (κ3) is 2.55. The van der Waals surface area contributed by atoms with Gasteiger partial charge in [0.15, 0.2) is 0 Å². The van der Waals surface area contributed by atoms with Gasteiger partial charge in [0, 0.05) is 18.0 Å². The Kier molecular flexibility index (Phi) is 3.50. The normalized spacial score (nSPS) is 10.8. The summed E-state index contributed by atoms with van der Waals surface area (Å²) >= 11 is 0. The number of nitrogens with zero attached hydrogens (tertiary/aromatic N) is 4. The molecule has 0 radical (unpaired) electrons. The molecule has 0 bridgehead atoms. The molecule has 0 saturated heterocycles. The fourth-order valence-corrected chi connectivity index (χ4v) is 2.46. The Balaban J connectivity index is 2.22. The smallest absolute Gasteiger partial charge is 0.117 e. The molecule has 0 fully saturated rings. The topological polar surface area (TPSA) is 63.8 Å². The van der Waals surface area contributed by atoms with Crippen LogP contribution in [0.1, 0.15) is 16.8 Å². The van der Waals surface area contributed by atoms with Crippen LogP contribution in [0.15, 0.2) is 42.7 Å². The zero-order chi connectivity index (χ0) is 14.8. The van der Waals surface area contributed by atoms with Crippen molar-refractivity contribution in [2.24, 2.45) is 0 Å². The van der Waals surface area contributed by atoms with Crippen molar-refractivity contribution >= 4 is 0 Å². The van der Waals surface area contributed by atoms with E-state index in [1.165, 1.54) is 0 Å². The number of aromatic nitrogens is 4. The number of hydrogen-bond donors (Lipinski definition) is 1. The lowest BCUT2D eigenvalue weighted by Crippen LogP contribution is -2.01. The Morgan fingerprint density at radius 2 is 1.90 bits per heavy atom. The number of pyridine rings is 1. The van der Waals surface area contributed by atoms with Gasteiger partial charge < -0.3 is 5.11 Å². The van der Waals surface area contributed by atoms with Crippen LogP contribution in [0.2, 0.25) is 0 Å². The van der Waals surface area contributed by atoms with Crippen molar-refractivity contribution in [3.8, 4) is 16.9 Å². The van der Waals surface area contributed by atoms with E-state index in [9.17, 15) is 5.11 Å². The van der Waals surface area contributed by atoms with Crippen LogP contribution >= 0.6 is 0 Å². The summed E-state index contributed by atoms with van der Waals surface area (Å²) in [6, 6.07) is 9.99. The zero-order valence-electron chi connectivity index (χ0n) is 12.0. The van der Waals surface area contributed by atoms with Gasteiger partial charge in [-0.25, -0.2) is 4.68 Å². The minimum atomic E-state index is -0.158. The summed E-state index contributed by atoms with van der Waals surface area (Å²) in [6.45, 7) is 3.93. The second kappa shape index (κ2) is 5.46. The fourth-order valence-electron chi connectivity index (χ4n) is 2.46. The summed E-state index contributed by atoms with van der Waals surface area (Å²) in [5.74, 6) is 0. The van der Waals surface area contributed by atoms with E-state index in [4.69, 9.17) is 0 Å². The van der Waals surface area contributed by atoms with Crippen molar-refractivity contribution < 1.29 is 5.11 Å². The predicted molar refractivity (Wildman–Crippen MR) is 80.0 cm³/mol. The molecule has 1 aromatic carbocycles. The van der Waals surface area contributed by atoms with Crippen molar-refractivity contribution in [2.75, 3.05) is 0 Å². The summed E-state index contributed by atoms with van der Waals surface area (Å²) in [5.41, 5.74) is 5.44. The molecule has 0 unspecified atom stereocenters. The van der Waals surface area contributed by atoms with Crippen LogP contribution in [0.25, 0.3) is 16.9 Å². The number of rotatable bonds is 3. The van der Waals surface area contributed by atoms with E-state index in [-0.39, 0.29) is 6.61 Å². The first-order valence-corrected chi connectivity index (χ1v) is 6.73. The Morgan fingerprint density at radius 3 is 2.52 bits per heavy atom. The molecule has 0 aliphatic heterocycles. The van der Waals surface area contributed by atoms with Gasteiger partial charge in [-0.15, -0.1) is 5.10 Å². The summed E-state index contributed by atoms with van der Waals surface area (Å²) in [5, 5.41) is 17.8. The highest BCUT2D eigenvalue weighted by Crippen LogP contribution is 2.25. The van der Waals surface area contributed by atoms with Crippen molar-refractivity contribution in [3.05, 3.63) is 59.5 Å². The molecule has 3 aromatic rings. The molecule has 0 saturated carbocycles. The van der Waals surface area contributed by atoms with E-state index in [2.05, 4.69) is 21.4 Å². The molecule has 5 heteroatoms. The molecule has 3 rings (SSSR count). The number of benzene rings is 1. The van der Waals surface area contributed by atoms with Gasteiger partial charge in [0.05, 0.1) is 12.3 Å². The molecule has 2 heterocycles. The average molecular weight is 280 g/mol. The van der Waals surface area contributed by atoms with E-state index < -0.39 is 0 Å².